The topological polar surface area (TPSA) is 69.8 Å². The third-order valence-electron chi connectivity index (χ3n) is 3.72. The molecular formula is C17H20N4O. The summed E-state index contributed by atoms with van der Waals surface area (Å²) < 4.78 is 1.98. The maximum Gasteiger partial charge on any atom is 0.239 e. The van der Waals surface area contributed by atoms with Crippen LogP contribution in [0.3, 0.4) is 0 Å². The standard InChI is InChI=1S/C17H20N4O/c1-12-13(2)21(11-14-7-5-4-6-8-14)17(15(12)9-18)20-16(22)10-19-3/h4-8,19H,10-11H2,1-3H3,(H,20,22). The molecule has 1 aromatic heterocycles. The van der Waals surface area contributed by atoms with E-state index in [4.69, 9.17) is 0 Å². The van der Waals surface area contributed by atoms with E-state index in [9.17, 15) is 10.1 Å². The fourth-order valence-corrected chi connectivity index (χ4v) is 2.43. The van der Waals surface area contributed by atoms with Gasteiger partial charge in [-0.15, -0.1) is 0 Å². The number of hydrogen-bond donors (Lipinski definition) is 2. The lowest BCUT2D eigenvalue weighted by molar-refractivity contribution is -0.115. The summed E-state index contributed by atoms with van der Waals surface area (Å²) in [5, 5.41) is 15.1. The second-order valence-electron chi connectivity index (χ2n) is 5.20. The van der Waals surface area contributed by atoms with E-state index in [1.54, 1.807) is 7.05 Å². The first-order valence-corrected chi connectivity index (χ1v) is 7.16. The Balaban J connectivity index is 2.43. The minimum Gasteiger partial charge on any atom is -0.326 e. The van der Waals surface area contributed by atoms with Crippen LogP contribution in [0, 0.1) is 25.2 Å². The molecule has 0 atom stereocenters. The molecule has 0 fully saturated rings. The third-order valence-corrected chi connectivity index (χ3v) is 3.72. The number of nitrogens with zero attached hydrogens (tertiary/aromatic N) is 2. The first-order chi connectivity index (χ1) is 10.6. The molecule has 0 saturated heterocycles. The van der Waals surface area contributed by atoms with Gasteiger partial charge in [0.1, 0.15) is 11.9 Å². The molecule has 22 heavy (non-hydrogen) atoms. The molecular weight excluding hydrogens is 276 g/mol. The van der Waals surface area contributed by atoms with E-state index in [0.29, 0.717) is 17.9 Å². The molecule has 2 aromatic rings. The van der Waals surface area contributed by atoms with E-state index in [2.05, 4.69) is 16.7 Å². The van der Waals surface area contributed by atoms with Gasteiger partial charge in [0.15, 0.2) is 0 Å². The lowest BCUT2D eigenvalue weighted by Crippen LogP contribution is -2.26. The molecule has 0 saturated carbocycles. The Kier molecular flexibility index (Phi) is 4.97. The van der Waals surface area contributed by atoms with Gasteiger partial charge in [-0.25, -0.2) is 0 Å². The average molecular weight is 296 g/mol. The summed E-state index contributed by atoms with van der Waals surface area (Å²) in [4.78, 5) is 11.9. The minimum absolute atomic E-state index is 0.161. The van der Waals surface area contributed by atoms with Crippen LogP contribution in [-0.4, -0.2) is 24.1 Å². The van der Waals surface area contributed by atoms with Crippen molar-refractivity contribution in [2.75, 3.05) is 18.9 Å². The molecule has 2 N–H and O–H groups in total. The predicted octanol–water partition coefficient (Wildman–Crippen LogP) is 2.18. The molecule has 5 heteroatoms. The number of rotatable bonds is 5. The zero-order valence-electron chi connectivity index (χ0n) is 13.1. The number of amides is 1. The van der Waals surface area contributed by atoms with Crippen molar-refractivity contribution in [1.29, 1.82) is 5.26 Å². The van der Waals surface area contributed by atoms with Crippen molar-refractivity contribution in [3.8, 4) is 6.07 Å². The van der Waals surface area contributed by atoms with E-state index >= 15 is 0 Å². The smallest absolute Gasteiger partial charge is 0.239 e. The van der Waals surface area contributed by atoms with Gasteiger partial charge in [0.2, 0.25) is 5.91 Å². The van der Waals surface area contributed by atoms with Crippen LogP contribution in [0.25, 0.3) is 0 Å². The fraction of sp³-hybridized carbons (Fsp3) is 0.294. The minimum atomic E-state index is -0.161. The maximum absolute atomic E-state index is 11.9. The summed E-state index contributed by atoms with van der Waals surface area (Å²) in [6.45, 7) is 4.69. The lowest BCUT2D eigenvalue weighted by atomic mass is 10.2. The van der Waals surface area contributed by atoms with Crippen LogP contribution >= 0.6 is 0 Å². The number of aromatic nitrogens is 1. The molecule has 0 spiro atoms. The predicted molar refractivity (Wildman–Crippen MR) is 86.7 cm³/mol. The van der Waals surface area contributed by atoms with Crippen LogP contribution in [0.1, 0.15) is 22.4 Å². The quantitative estimate of drug-likeness (QED) is 0.888. The monoisotopic (exact) mass is 296 g/mol. The van der Waals surface area contributed by atoms with Gasteiger partial charge in [0.25, 0.3) is 0 Å². The van der Waals surface area contributed by atoms with Crippen molar-refractivity contribution in [2.24, 2.45) is 0 Å². The van der Waals surface area contributed by atoms with Crippen LogP contribution in [0.2, 0.25) is 0 Å². The summed E-state index contributed by atoms with van der Waals surface area (Å²) in [6, 6.07) is 12.2. The number of nitrogens with one attached hydrogen (secondary N) is 2. The summed E-state index contributed by atoms with van der Waals surface area (Å²) in [6.07, 6.45) is 0. The molecule has 0 unspecified atom stereocenters. The Hall–Kier alpha value is -2.58. The Morgan fingerprint density at radius 2 is 1.95 bits per heavy atom. The van der Waals surface area contributed by atoms with Crippen LogP contribution in [-0.2, 0) is 11.3 Å². The molecule has 0 bridgehead atoms. The molecule has 1 aromatic carbocycles. The van der Waals surface area contributed by atoms with Crippen LogP contribution < -0.4 is 10.6 Å². The maximum atomic E-state index is 11.9. The number of anilines is 1. The highest BCUT2D eigenvalue weighted by Crippen LogP contribution is 2.27. The highest BCUT2D eigenvalue weighted by atomic mass is 16.2. The molecule has 2 rings (SSSR count). The van der Waals surface area contributed by atoms with E-state index < -0.39 is 0 Å². The van der Waals surface area contributed by atoms with E-state index in [1.807, 2.05) is 48.7 Å². The van der Waals surface area contributed by atoms with Crippen molar-refractivity contribution >= 4 is 11.7 Å². The molecule has 0 aliphatic carbocycles. The number of carbonyl (C=O) groups is 1. The summed E-state index contributed by atoms with van der Waals surface area (Å²) in [5.41, 5.74) is 3.53. The third kappa shape index (κ3) is 3.18. The van der Waals surface area contributed by atoms with E-state index in [1.165, 1.54) is 0 Å². The van der Waals surface area contributed by atoms with Gasteiger partial charge >= 0.3 is 0 Å². The van der Waals surface area contributed by atoms with E-state index in [-0.39, 0.29) is 12.5 Å². The Labute approximate surface area is 130 Å². The van der Waals surface area contributed by atoms with Crippen molar-refractivity contribution in [3.63, 3.8) is 0 Å². The molecule has 1 heterocycles. The highest BCUT2D eigenvalue weighted by molar-refractivity contribution is 5.93. The van der Waals surface area contributed by atoms with Gasteiger partial charge in [-0.2, -0.15) is 5.26 Å². The highest BCUT2D eigenvalue weighted by Gasteiger charge is 2.19. The number of hydrogen-bond acceptors (Lipinski definition) is 3. The second kappa shape index (κ2) is 6.92. The van der Waals surface area contributed by atoms with Crippen molar-refractivity contribution in [3.05, 3.63) is 52.7 Å². The van der Waals surface area contributed by atoms with Gasteiger partial charge in [-0.3, -0.25) is 4.79 Å². The molecule has 5 nitrogen and oxygen atoms in total. The van der Waals surface area contributed by atoms with Gasteiger partial charge < -0.3 is 15.2 Å². The zero-order valence-corrected chi connectivity index (χ0v) is 13.1. The van der Waals surface area contributed by atoms with E-state index in [0.717, 1.165) is 16.8 Å². The Morgan fingerprint density at radius 3 is 2.55 bits per heavy atom. The lowest BCUT2D eigenvalue weighted by Gasteiger charge is -2.13. The molecule has 0 aliphatic rings. The SMILES string of the molecule is CNCC(=O)Nc1c(C#N)c(C)c(C)n1Cc1ccccc1. The Bertz CT molecular complexity index is 710. The largest absolute Gasteiger partial charge is 0.326 e. The van der Waals surface area contributed by atoms with Gasteiger partial charge in [0.05, 0.1) is 12.1 Å². The van der Waals surface area contributed by atoms with Crippen LogP contribution in [0.15, 0.2) is 30.3 Å². The number of benzene rings is 1. The molecule has 0 aliphatic heterocycles. The van der Waals surface area contributed by atoms with Crippen molar-refractivity contribution < 1.29 is 4.79 Å². The van der Waals surface area contributed by atoms with Gasteiger partial charge in [-0.1, -0.05) is 30.3 Å². The first kappa shape index (κ1) is 15.8. The second-order valence-corrected chi connectivity index (χ2v) is 5.20. The average Bonchev–Trinajstić information content (AvgIpc) is 2.73. The fourth-order valence-electron chi connectivity index (χ4n) is 2.43. The Morgan fingerprint density at radius 1 is 1.27 bits per heavy atom. The van der Waals surface area contributed by atoms with Crippen LogP contribution in [0.4, 0.5) is 5.82 Å². The normalized spacial score (nSPS) is 10.3. The van der Waals surface area contributed by atoms with Crippen molar-refractivity contribution in [2.45, 2.75) is 20.4 Å². The van der Waals surface area contributed by atoms with Gasteiger partial charge in [-0.05, 0) is 32.0 Å². The first-order valence-electron chi connectivity index (χ1n) is 7.16. The van der Waals surface area contributed by atoms with Crippen molar-refractivity contribution in [1.82, 2.24) is 9.88 Å². The van der Waals surface area contributed by atoms with Crippen LogP contribution in [0.5, 0.6) is 0 Å². The summed E-state index contributed by atoms with van der Waals surface area (Å²) >= 11 is 0. The number of likely N-dealkylation sites (N-methyl/N-ethyl adjacent to an activating group) is 1. The number of nitriles is 1. The van der Waals surface area contributed by atoms with Gasteiger partial charge in [0, 0.05) is 12.2 Å². The molecule has 1 amide bonds. The summed E-state index contributed by atoms with van der Waals surface area (Å²) in [7, 11) is 1.71. The molecule has 114 valence electrons. The number of carbonyl (C=O) groups excluding carboxylic acids is 1. The molecule has 0 radical (unpaired) electrons. The summed E-state index contributed by atoms with van der Waals surface area (Å²) in [5.74, 6) is 0.410. The zero-order chi connectivity index (χ0) is 16.1.